The van der Waals surface area contributed by atoms with Gasteiger partial charge in [0.15, 0.2) is 0 Å². The first-order valence-electron chi connectivity index (χ1n) is 5.59. The van der Waals surface area contributed by atoms with Crippen LogP contribution in [-0.4, -0.2) is 37.1 Å². The van der Waals surface area contributed by atoms with Crippen molar-refractivity contribution in [3.05, 3.63) is 17.0 Å². The van der Waals surface area contributed by atoms with E-state index in [1.165, 1.54) is 6.33 Å². The molecule has 5 nitrogen and oxygen atoms in total. The van der Waals surface area contributed by atoms with E-state index in [4.69, 9.17) is 11.6 Å². The average Bonchev–Trinajstić information content (AvgIpc) is 2.77. The number of anilines is 1. The highest BCUT2D eigenvalue weighted by Gasteiger charge is 2.18. The van der Waals surface area contributed by atoms with Gasteiger partial charge in [-0.25, -0.2) is 0 Å². The molecule has 0 spiro atoms. The Labute approximate surface area is 115 Å². The molecule has 0 saturated heterocycles. The third-order valence-electron chi connectivity index (χ3n) is 2.84. The molecule has 2 aromatic heterocycles. The van der Waals surface area contributed by atoms with Crippen molar-refractivity contribution in [3.63, 3.8) is 0 Å². The Bertz CT molecular complexity index is 566. The van der Waals surface area contributed by atoms with Crippen molar-refractivity contribution in [2.45, 2.75) is 25.5 Å². The Balaban J connectivity index is 2.37. The van der Waals surface area contributed by atoms with E-state index in [1.54, 1.807) is 4.52 Å². The van der Waals surface area contributed by atoms with Gasteiger partial charge in [0, 0.05) is 16.9 Å². The van der Waals surface area contributed by atoms with Crippen molar-refractivity contribution >= 4 is 35.0 Å². The Morgan fingerprint density at radius 1 is 1.50 bits per heavy atom. The van der Waals surface area contributed by atoms with Crippen LogP contribution >= 0.6 is 23.4 Å². The highest BCUT2D eigenvalue weighted by molar-refractivity contribution is 7.99. The summed E-state index contributed by atoms with van der Waals surface area (Å²) in [6.07, 6.45) is 3.57. The van der Waals surface area contributed by atoms with E-state index in [-0.39, 0.29) is 4.75 Å². The SMILES string of the molecule is CSC(C)(C)CNc1c(C)c(Cl)nc2ncnn12. The van der Waals surface area contributed by atoms with Crippen LogP contribution in [0.5, 0.6) is 0 Å². The van der Waals surface area contributed by atoms with Gasteiger partial charge in [0.05, 0.1) is 0 Å². The lowest BCUT2D eigenvalue weighted by atomic mass is 10.2. The number of fused-ring (bicyclic) bond motifs is 1. The number of nitrogens with zero attached hydrogens (tertiary/aromatic N) is 4. The zero-order valence-corrected chi connectivity index (χ0v) is 12.4. The maximum Gasteiger partial charge on any atom is 0.255 e. The zero-order chi connectivity index (χ0) is 13.3. The fraction of sp³-hybridized carbons (Fsp3) is 0.545. The number of aromatic nitrogens is 4. The average molecular weight is 286 g/mol. The molecule has 0 saturated carbocycles. The van der Waals surface area contributed by atoms with E-state index in [9.17, 15) is 0 Å². The van der Waals surface area contributed by atoms with Gasteiger partial charge in [-0.2, -0.15) is 31.3 Å². The standard InChI is InChI=1S/C11H16ClN5S/c1-7-8(12)16-10-14-6-15-17(10)9(7)13-5-11(2,3)18-4/h6,13H,5H2,1-4H3. The van der Waals surface area contributed by atoms with Gasteiger partial charge in [-0.1, -0.05) is 11.6 Å². The van der Waals surface area contributed by atoms with E-state index in [0.717, 1.165) is 17.9 Å². The van der Waals surface area contributed by atoms with Crippen molar-refractivity contribution in [2.75, 3.05) is 18.1 Å². The molecule has 18 heavy (non-hydrogen) atoms. The van der Waals surface area contributed by atoms with Gasteiger partial charge in [-0.3, -0.25) is 0 Å². The van der Waals surface area contributed by atoms with Crippen LogP contribution in [-0.2, 0) is 0 Å². The second kappa shape index (κ2) is 4.93. The summed E-state index contributed by atoms with van der Waals surface area (Å²) in [6.45, 7) is 7.10. The van der Waals surface area contributed by atoms with Gasteiger partial charge in [0.25, 0.3) is 5.78 Å². The highest BCUT2D eigenvalue weighted by Crippen LogP contribution is 2.25. The molecule has 0 unspecified atom stereocenters. The molecule has 2 heterocycles. The number of rotatable bonds is 4. The Hall–Kier alpha value is -1.01. The van der Waals surface area contributed by atoms with Crippen molar-refractivity contribution in [1.29, 1.82) is 0 Å². The minimum Gasteiger partial charge on any atom is -0.368 e. The lowest BCUT2D eigenvalue weighted by Crippen LogP contribution is -2.27. The first-order valence-corrected chi connectivity index (χ1v) is 7.20. The molecule has 0 aromatic carbocycles. The molecule has 98 valence electrons. The highest BCUT2D eigenvalue weighted by atomic mass is 35.5. The maximum atomic E-state index is 6.10. The predicted octanol–water partition coefficient (Wildman–Crippen LogP) is 2.64. The zero-order valence-electron chi connectivity index (χ0n) is 10.9. The molecule has 0 aliphatic heterocycles. The summed E-state index contributed by atoms with van der Waals surface area (Å²) >= 11 is 7.90. The van der Waals surface area contributed by atoms with Crippen LogP contribution < -0.4 is 5.32 Å². The molecule has 2 rings (SSSR count). The predicted molar refractivity (Wildman–Crippen MR) is 76.6 cm³/mol. The second-order valence-corrected chi connectivity index (χ2v) is 6.54. The molecular weight excluding hydrogens is 270 g/mol. The molecule has 0 aliphatic rings. The number of hydrogen-bond donors (Lipinski definition) is 1. The van der Waals surface area contributed by atoms with Gasteiger partial charge >= 0.3 is 0 Å². The van der Waals surface area contributed by atoms with Crippen LogP contribution in [0.4, 0.5) is 5.82 Å². The lowest BCUT2D eigenvalue weighted by Gasteiger charge is -2.23. The Morgan fingerprint density at radius 3 is 2.89 bits per heavy atom. The Morgan fingerprint density at radius 2 is 2.22 bits per heavy atom. The molecule has 7 heteroatoms. The van der Waals surface area contributed by atoms with Crippen LogP contribution in [0.1, 0.15) is 19.4 Å². The first-order chi connectivity index (χ1) is 8.44. The molecular formula is C11H16ClN5S. The lowest BCUT2D eigenvalue weighted by molar-refractivity contribution is 0.743. The van der Waals surface area contributed by atoms with Crippen molar-refractivity contribution in [1.82, 2.24) is 19.6 Å². The van der Waals surface area contributed by atoms with Gasteiger partial charge < -0.3 is 5.32 Å². The van der Waals surface area contributed by atoms with Crippen molar-refractivity contribution in [2.24, 2.45) is 0 Å². The van der Waals surface area contributed by atoms with Gasteiger partial charge in [-0.15, -0.1) is 0 Å². The van der Waals surface area contributed by atoms with E-state index in [2.05, 4.69) is 40.5 Å². The minimum atomic E-state index is 0.134. The molecule has 0 fully saturated rings. The summed E-state index contributed by atoms with van der Waals surface area (Å²) in [7, 11) is 0. The summed E-state index contributed by atoms with van der Waals surface area (Å²) in [5.74, 6) is 1.36. The van der Waals surface area contributed by atoms with E-state index in [0.29, 0.717) is 10.9 Å². The molecule has 0 atom stereocenters. The van der Waals surface area contributed by atoms with E-state index in [1.807, 2.05) is 18.7 Å². The fourth-order valence-corrected chi connectivity index (χ4v) is 1.86. The normalized spacial score (nSPS) is 12.1. The van der Waals surface area contributed by atoms with Crippen LogP contribution in [0, 0.1) is 6.92 Å². The van der Waals surface area contributed by atoms with Crippen LogP contribution in [0.25, 0.3) is 5.78 Å². The molecule has 2 aromatic rings. The molecule has 0 radical (unpaired) electrons. The summed E-state index contributed by atoms with van der Waals surface area (Å²) in [5, 5.41) is 8.01. The molecule has 0 bridgehead atoms. The summed E-state index contributed by atoms with van der Waals surface area (Å²) in [5.41, 5.74) is 0.881. The maximum absolute atomic E-state index is 6.10. The van der Waals surface area contributed by atoms with Gasteiger partial charge in [0.1, 0.15) is 17.3 Å². The number of halogens is 1. The Kier molecular flexibility index (Phi) is 3.68. The third kappa shape index (κ3) is 2.54. The second-order valence-electron chi connectivity index (χ2n) is 4.67. The van der Waals surface area contributed by atoms with Crippen LogP contribution in [0.2, 0.25) is 5.15 Å². The number of thioether (sulfide) groups is 1. The largest absolute Gasteiger partial charge is 0.368 e. The van der Waals surface area contributed by atoms with Gasteiger partial charge in [0.2, 0.25) is 0 Å². The van der Waals surface area contributed by atoms with Crippen LogP contribution in [0.15, 0.2) is 6.33 Å². The molecule has 0 amide bonds. The first kappa shape index (κ1) is 13.4. The van der Waals surface area contributed by atoms with Gasteiger partial charge in [-0.05, 0) is 27.0 Å². The van der Waals surface area contributed by atoms with E-state index < -0.39 is 0 Å². The van der Waals surface area contributed by atoms with Crippen molar-refractivity contribution in [3.8, 4) is 0 Å². The minimum absolute atomic E-state index is 0.134. The monoisotopic (exact) mass is 285 g/mol. The number of nitrogens with one attached hydrogen (secondary N) is 1. The van der Waals surface area contributed by atoms with Crippen molar-refractivity contribution < 1.29 is 0 Å². The fourth-order valence-electron chi connectivity index (χ4n) is 1.47. The number of hydrogen-bond acceptors (Lipinski definition) is 5. The summed E-state index contributed by atoms with van der Waals surface area (Å²) in [6, 6.07) is 0. The van der Waals surface area contributed by atoms with E-state index >= 15 is 0 Å². The third-order valence-corrected chi connectivity index (χ3v) is 4.46. The van der Waals surface area contributed by atoms with Crippen LogP contribution in [0.3, 0.4) is 0 Å². The smallest absolute Gasteiger partial charge is 0.255 e. The molecule has 0 aliphatic carbocycles. The quantitative estimate of drug-likeness (QED) is 0.875. The summed E-state index contributed by atoms with van der Waals surface area (Å²) in [4.78, 5) is 8.23. The topological polar surface area (TPSA) is 55.1 Å². The summed E-state index contributed by atoms with van der Waals surface area (Å²) < 4.78 is 1.81. The molecule has 1 N–H and O–H groups in total.